The highest BCUT2D eigenvalue weighted by atomic mass is 16.4. The van der Waals surface area contributed by atoms with Crippen molar-refractivity contribution in [3.05, 3.63) is 24.0 Å². The van der Waals surface area contributed by atoms with Gasteiger partial charge in [0, 0.05) is 6.20 Å². The molecule has 7 nitrogen and oxygen atoms in total. The number of aromatic amines is 1. The highest BCUT2D eigenvalue weighted by Crippen LogP contribution is 2.15. The van der Waals surface area contributed by atoms with E-state index in [0.717, 1.165) is 0 Å². The molecule has 70 valence electrons. The second-order valence-electron chi connectivity index (χ2n) is 2.43. The molecule has 2 heterocycles. The van der Waals surface area contributed by atoms with Crippen LogP contribution < -0.4 is 0 Å². The minimum atomic E-state index is -1.15. The summed E-state index contributed by atoms with van der Waals surface area (Å²) in [7, 11) is 0. The van der Waals surface area contributed by atoms with Crippen molar-refractivity contribution < 1.29 is 9.90 Å². The molecule has 0 fully saturated rings. The third kappa shape index (κ3) is 1.30. The SMILES string of the molecule is O=C(O)c1n[nH]nc1-c1cccnn1. The molecule has 0 aliphatic heterocycles. The zero-order chi connectivity index (χ0) is 9.97. The summed E-state index contributed by atoms with van der Waals surface area (Å²) in [5.74, 6) is -1.15. The molecule has 0 bridgehead atoms. The van der Waals surface area contributed by atoms with Gasteiger partial charge in [0.05, 0.1) is 0 Å². The average molecular weight is 191 g/mol. The van der Waals surface area contributed by atoms with Crippen molar-refractivity contribution >= 4 is 5.97 Å². The topological polar surface area (TPSA) is 105 Å². The fourth-order valence-corrected chi connectivity index (χ4v) is 0.986. The number of H-pyrrole nitrogens is 1. The van der Waals surface area contributed by atoms with E-state index < -0.39 is 5.97 Å². The third-order valence-corrected chi connectivity index (χ3v) is 1.57. The molecule has 0 atom stereocenters. The first-order valence-electron chi connectivity index (χ1n) is 3.71. The van der Waals surface area contributed by atoms with Crippen LogP contribution in [0.3, 0.4) is 0 Å². The maximum Gasteiger partial charge on any atom is 0.358 e. The number of aromatic carboxylic acids is 1. The number of nitrogens with one attached hydrogen (secondary N) is 1. The molecule has 0 radical (unpaired) electrons. The molecular weight excluding hydrogens is 186 g/mol. The number of rotatable bonds is 2. The molecule has 2 aromatic heterocycles. The standard InChI is InChI=1S/C7H5N5O2/c13-7(14)6-5(10-12-11-6)4-2-1-3-8-9-4/h1-3H,(H,13,14)(H,10,11,12). The summed E-state index contributed by atoms with van der Waals surface area (Å²) in [6.07, 6.45) is 1.49. The van der Waals surface area contributed by atoms with E-state index in [2.05, 4.69) is 25.6 Å². The van der Waals surface area contributed by atoms with E-state index in [1.54, 1.807) is 12.1 Å². The molecule has 2 aromatic rings. The molecule has 0 saturated heterocycles. The number of hydrogen-bond donors (Lipinski definition) is 2. The Bertz CT molecular complexity index is 452. The van der Waals surface area contributed by atoms with Crippen LogP contribution in [0.4, 0.5) is 0 Å². The van der Waals surface area contributed by atoms with Crippen LogP contribution in [-0.4, -0.2) is 36.7 Å². The summed E-state index contributed by atoms with van der Waals surface area (Å²) in [6, 6.07) is 3.25. The monoisotopic (exact) mass is 191 g/mol. The van der Waals surface area contributed by atoms with Gasteiger partial charge in [-0.1, -0.05) is 0 Å². The number of carbonyl (C=O) groups is 1. The summed E-state index contributed by atoms with van der Waals surface area (Å²) in [5.41, 5.74) is 0.398. The zero-order valence-corrected chi connectivity index (χ0v) is 6.88. The Morgan fingerprint density at radius 2 is 2.29 bits per heavy atom. The summed E-state index contributed by atoms with van der Waals surface area (Å²) >= 11 is 0. The molecule has 0 amide bonds. The van der Waals surface area contributed by atoms with Gasteiger partial charge >= 0.3 is 5.97 Å². The second kappa shape index (κ2) is 3.21. The molecule has 0 spiro atoms. The summed E-state index contributed by atoms with van der Waals surface area (Å²) < 4.78 is 0. The molecule has 0 aliphatic carbocycles. The summed E-state index contributed by atoms with van der Waals surface area (Å²) in [5, 5.41) is 25.5. The highest BCUT2D eigenvalue weighted by molar-refractivity contribution is 5.91. The fraction of sp³-hybridized carbons (Fsp3) is 0. The van der Waals surface area contributed by atoms with Crippen LogP contribution >= 0.6 is 0 Å². The van der Waals surface area contributed by atoms with Crippen LogP contribution in [0, 0.1) is 0 Å². The molecule has 0 aliphatic rings. The molecule has 2 rings (SSSR count). The molecule has 7 heteroatoms. The van der Waals surface area contributed by atoms with Gasteiger partial charge in [0.1, 0.15) is 11.4 Å². The molecule has 0 saturated carbocycles. The van der Waals surface area contributed by atoms with Crippen LogP contribution in [0.25, 0.3) is 11.4 Å². The van der Waals surface area contributed by atoms with Crippen molar-refractivity contribution in [3.8, 4) is 11.4 Å². The predicted octanol–water partition coefficient (Wildman–Crippen LogP) is -0.0401. The van der Waals surface area contributed by atoms with Gasteiger partial charge in [-0.3, -0.25) is 0 Å². The first kappa shape index (κ1) is 8.30. The van der Waals surface area contributed by atoms with E-state index in [4.69, 9.17) is 5.11 Å². The van der Waals surface area contributed by atoms with Gasteiger partial charge in [0.15, 0.2) is 5.69 Å². The van der Waals surface area contributed by atoms with Gasteiger partial charge in [-0.2, -0.15) is 15.4 Å². The molecule has 0 aromatic carbocycles. The lowest BCUT2D eigenvalue weighted by Crippen LogP contribution is -2.00. The Morgan fingerprint density at radius 1 is 1.43 bits per heavy atom. The summed E-state index contributed by atoms with van der Waals surface area (Å²) in [4.78, 5) is 10.7. The number of aromatic nitrogens is 5. The Balaban J connectivity index is 2.52. The molecule has 14 heavy (non-hydrogen) atoms. The van der Waals surface area contributed by atoms with Crippen molar-refractivity contribution in [3.63, 3.8) is 0 Å². The Morgan fingerprint density at radius 3 is 2.93 bits per heavy atom. The average Bonchev–Trinajstić information content (AvgIpc) is 2.67. The predicted molar refractivity (Wildman–Crippen MR) is 44.4 cm³/mol. The van der Waals surface area contributed by atoms with Crippen LogP contribution in [-0.2, 0) is 0 Å². The van der Waals surface area contributed by atoms with E-state index in [-0.39, 0.29) is 11.4 Å². The van der Waals surface area contributed by atoms with Gasteiger partial charge in [-0.25, -0.2) is 4.79 Å². The largest absolute Gasteiger partial charge is 0.476 e. The Labute approximate surface area is 77.8 Å². The lowest BCUT2D eigenvalue weighted by atomic mass is 10.2. The van der Waals surface area contributed by atoms with Gasteiger partial charge < -0.3 is 5.11 Å². The first-order valence-corrected chi connectivity index (χ1v) is 3.71. The minimum Gasteiger partial charge on any atom is -0.476 e. The van der Waals surface area contributed by atoms with Crippen molar-refractivity contribution in [1.29, 1.82) is 0 Å². The lowest BCUT2D eigenvalue weighted by molar-refractivity contribution is 0.0691. The van der Waals surface area contributed by atoms with Crippen LogP contribution in [0.15, 0.2) is 18.3 Å². The van der Waals surface area contributed by atoms with E-state index >= 15 is 0 Å². The first-order chi connectivity index (χ1) is 6.79. The third-order valence-electron chi connectivity index (χ3n) is 1.57. The van der Waals surface area contributed by atoms with Gasteiger partial charge in [0.2, 0.25) is 0 Å². The normalized spacial score (nSPS) is 10.0. The number of nitrogens with zero attached hydrogens (tertiary/aromatic N) is 4. The summed E-state index contributed by atoms with van der Waals surface area (Å²) in [6.45, 7) is 0. The molecular formula is C7H5N5O2. The zero-order valence-electron chi connectivity index (χ0n) is 6.88. The van der Waals surface area contributed by atoms with Gasteiger partial charge in [-0.15, -0.1) is 10.2 Å². The van der Waals surface area contributed by atoms with E-state index in [9.17, 15) is 4.79 Å². The fourth-order valence-electron chi connectivity index (χ4n) is 0.986. The number of hydrogen-bond acceptors (Lipinski definition) is 5. The maximum absolute atomic E-state index is 10.7. The quantitative estimate of drug-likeness (QED) is 0.690. The molecule has 2 N–H and O–H groups in total. The van der Waals surface area contributed by atoms with Gasteiger partial charge in [0.25, 0.3) is 0 Å². The van der Waals surface area contributed by atoms with Crippen LogP contribution in [0.1, 0.15) is 10.5 Å². The maximum atomic E-state index is 10.7. The van der Waals surface area contributed by atoms with Crippen molar-refractivity contribution in [1.82, 2.24) is 25.6 Å². The lowest BCUT2D eigenvalue weighted by Gasteiger charge is -1.93. The smallest absolute Gasteiger partial charge is 0.358 e. The molecule has 0 unspecified atom stereocenters. The van der Waals surface area contributed by atoms with E-state index in [1.165, 1.54) is 6.20 Å². The Hall–Kier alpha value is -2.31. The van der Waals surface area contributed by atoms with Gasteiger partial charge in [-0.05, 0) is 12.1 Å². The van der Waals surface area contributed by atoms with Crippen LogP contribution in [0.5, 0.6) is 0 Å². The van der Waals surface area contributed by atoms with Crippen molar-refractivity contribution in [2.45, 2.75) is 0 Å². The number of carboxylic acids is 1. The van der Waals surface area contributed by atoms with E-state index in [0.29, 0.717) is 5.69 Å². The number of carboxylic acid groups (broad SMARTS) is 1. The van der Waals surface area contributed by atoms with Crippen molar-refractivity contribution in [2.75, 3.05) is 0 Å². The minimum absolute atomic E-state index is 0.162. The van der Waals surface area contributed by atoms with Crippen LogP contribution in [0.2, 0.25) is 0 Å². The second-order valence-corrected chi connectivity index (χ2v) is 2.43. The van der Waals surface area contributed by atoms with E-state index in [1.807, 2.05) is 0 Å². The highest BCUT2D eigenvalue weighted by Gasteiger charge is 2.17. The van der Waals surface area contributed by atoms with Crippen molar-refractivity contribution in [2.24, 2.45) is 0 Å². The Kier molecular flexibility index (Phi) is 1.90.